The molecule has 5 nitrogen and oxygen atoms in total. The molecular formula is C15H18N4OS3. The van der Waals surface area contributed by atoms with Gasteiger partial charge in [0.1, 0.15) is 6.54 Å². The molecule has 8 heteroatoms. The summed E-state index contributed by atoms with van der Waals surface area (Å²) in [6.45, 7) is 4.78. The Morgan fingerprint density at radius 2 is 1.96 bits per heavy atom. The predicted octanol–water partition coefficient (Wildman–Crippen LogP) is 2.77. The first kappa shape index (κ1) is 17.6. The van der Waals surface area contributed by atoms with Gasteiger partial charge in [0, 0.05) is 11.9 Å². The molecule has 0 unspecified atom stereocenters. The average Bonchev–Trinajstić information content (AvgIpc) is 2.88. The van der Waals surface area contributed by atoms with Gasteiger partial charge in [-0.2, -0.15) is 0 Å². The van der Waals surface area contributed by atoms with Crippen LogP contribution in [0, 0.1) is 10.9 Å². The van der Waals surface area contributed by atoms with E-state index in [1.807, 2.05) is 48.1 Å². The van der Waals surface area contributed by atoms with Gasteiger partial charge in [-0.25, -0.2) is 0 Å². The number of aryl methyl sites for hydroxylation is 1. The normalized spacial score (nSPS) is 10.2. The molecule has 0 aliphatic heterocycles. The van der Waals surface area contributed by atoms with Gasteiger partial charge in [0.2, 0.25) is 0 Å². The molecule has 0 bridgehead atoms. The highest BCUT2D eigenvalue weighted by Crippen LogP contribution is 2.24. The van der Waals surface area contributed by atoms with E-state index >= 15 is 0 Å². The average molecular weight is 367 g/mol. The van der Waals surface area contributed by atoms with Crippen LogP contribution in [0.2, 0.25) is 0 Å². The Kier molecular flexibility index (Phi) is 6.26. The molecule has 0 fully saturated rings. The summed E-state index contributed by atoms with van der Waals surface area (Å²) < 4.78 is 2.47. The lowest BCUT2D eigenvalue weighted by Crippen LogP contribution is -2.47. The monoisotopic (exact) mass is 366 g/mol. The summed E-state index contributed by atoms with van der Waals surface area (Å²) in [5.41, 5.74) is 8.38. The van der Waals surface area contributed by atoms with Crippen LogP contribution in [0.4, 0.5) is 0 Å². The topological polar surface area (TPSA) is 58.1 Å². The number of hydrogen-bond acceptors (Lipinski definition) is 4. The molecule has 3 N–H and O–H groups in total. The third-order valence-corrected chi connectivity index (χ3v) is 4.60. The van der Waals surface area contributed by atoms with E-state index in [1.54, 1.807) is 0 Å². The van der Waals surface area contributed by atoms with Crippen molar-refractivity contribution in [2.45, 2.75) is 20.4 Å². The van der Waals surface area contributed by atoms with Crippen LogP contribution in [0.1, 0.15) is 12.5 Å². The minimum absolute atomic E-state index is 0.132. The smallest absolute Gasteiger partial charge is 0.258 e. The van der Waals surface area contributed by atoms with Gasteiger partial charge in [-0.1, -0.05) is 29.8 Å². The molecule has 0 aliphatic carbocycles. The number of benzene rings is 1. The van der Waals surface area contributed by atoms with Crippen molar-refractivity contribution in [1.29, 1.82) is 0 Å². The molecule has 1 heterocycles. The molecule has 2 aromatic rings. The fourth-order valence-corrected chi connectivity index (χ4v) is 3.21. The number of thiocarbonyl (C=S) groups is 1. The number of aromatic nitrogens is 1. The van der Waals surface area contributed by atoms with E-state index in [0.29, 0.717) is 15.6 Å². The van der Waals surface area contributed by atoms with Crippen molar-refractivity contribution in [2.75, 3.05) is 6.54 Å². The van der Waals surface area contributed by atoms with E-state index in [-0.39, 0.29) is 12.5 Å². The van der Waals surface area contributed by atoms with Crippen LogP contribution in [-0.4, -0.2) is 22.1 Å². The van der Waals surface area contributed by atoms with Crippen molar-refractivity contribution in [3.63, 3.8) is 0 Å². The summed E-state index contributed by atoms with van der Waals surface area (Å²) in [6.07, 6.45) is 0. The number of hydrogen-bond donors (Lipinski definition) is 3. The first-order chi connectivity index (χ1) is 11.0. The maximum absolute atomic E-state index is 12.1. The predicted molar refractivity (Wildman–Crippen MR) is 101 cm³/mol. The maximum Gasteiger partial charge on any atom is 0.258 e. The van der Waals surface area contributed by atoms with Crippen LogP contribution in [0.25, 0.3) is 11.3 Å². The Bertz CT molecular complexity index is 749. The lowest BCUT2D eigenvalue weighted by Gasteiger charge is -2.12. The highest BCUT2D eigenvalue weighted by atomic mass is 32.1. The van der Waals surface area contributed by atoms with E-state index < -0.39 is 0 Å². The number of carbonyl (C=O) groups excluding carboxylic acids is 1. The summed E-state index contributed by atoms with van der Waals surface area (Å²) in [5.74, 6) is -0.215. The molecule has 1 aromatic heterocycles. The molecule has 0 atom stereocenters. The third-order valence-electron chi connectivity index (χ3n) is 3.08. The second-order valence-electron chi connectivity index (χ2n) is 4.87. The van der Waals surface area contributed by atoms with Gasteiger partial charge in [-0.15, -0.1) is 11.3 Å². The Hall–Kier alpha value is -1.77. The Morgan fingerprint density at radius 3 is 2.61 bits per heavy atom. The van der Waals surface area contributed by atoms with Gasteiger partial charge < -0.3 is 9.88 Å². The first-order valence-electron chi connectivity index (χ1n) is 7.09. The molecule has 0 spiro atoms. The number of hydrazine groups is 1. The van der Waals surface area contributed by atoms with Crippen LogP contribution < -0.4 is 16.2 Å². The van der Waals surface area contributed by atoms with Crippen LogP contribution in [0.3, 0.4) is 0 Å². The quantitative estimate of drug-likeness (QED) is 0.574. The number of carbonyl (C=O) groups is 1. The molecule has 1 aromatic carbocycles. The van der Waals surface area contributed by atoms with Crippen LogP contribution >= 0.6 is 35.8 Å². The fraction of sp³-hybridized carbons (Fsp3) is 0.267. The lowest BCUT2D eigenvalue weighted by molar-refractivity contribution is -0.122. The minimum atomic E-state index is -0.215. The molecule has 0 aliphatic rings. The zero-order chi connectivity index (χ0) is 16.8. The van der Waals surface area contributed by atoms with Crippen LogP contribution in [0.5, 0.6) is 0 Å². The molecule has 2 rings (SSSR count). The Labute approximate surface area is 149 Å². The van der Waals surface area contributed by atoms with E-state index in [2.05, 4.69) is 16.2 Å². The van der Waals surface area contributed by atoms with Gasteiger partial charge >= 0.3 is 0 Å². The van der Waals surface area contributed by atoms with Crippen molar-refractivity contribution >= 4 is 46.8 Å². The van der Waals surface area contributed by atoms with E-state index in [4.69, 9.17) is 24.4 Å². The van der Waals surface area contributed by atoms with Gasteiger partial charge in [0.15, 0.2) is 9.07 Å². The molecule has 23 heavy (non-hydrogen) atoms. The van der Waals surface area contributed by atoms with Gasteiger partial charge in [0.25, 0.3) is 5.91 Å². The summed E-state index contributed by atoms with van der Waals surface area (Å²) in [5, 5.41) is 5.25. The summed E-state index contributed by atoms with van der Waals surface area (Å²) in [7, 11) is 0. The Morgan fingerprint density at radius 1 is 1.26 bits per heavy atom. The van der Waals surface area contributed by atoms with Gasteiger partial charge in [0.05, 0.1) is 5.69 Å². The number of nitrogens with zero attached hydrogens (tertiary/aromatic N) is 1. The van der Waals surface area contributed by atoms with Gasteiger partial charge in [-0.05, 0) is 43.8 Å². The summed E-state index contributed by atoms with van der Waals surface area (Å²) in [6, 6.07) is 8.13. The maximum atomic E-state index is 12.1. The summed E-state index contributed by atoms with van der Waals surface area (Å²) in [4.78, 5) is 12.1. The molecule has 122 valence electrons. The summed E-state index contributed by atoms with van der Waals surface area (Å²) >= 11 is 11.8. The van der Waals surface area contributed by atoms with E-state index in [9.17, 15) is 4.79 Å². The zero-order valence-corrected chi connectivity index (χ0v) is 15.3. The number of nitrogens with one attached hydrogen (secondary N) is 3. The largest absolute Gasteiger partial charge is 0.362 e. The number of thiazole rings is 1. The van der Waals surface area contributed by atoms with E-state index in [0.717, 1.165) is 11.3 Å². The zero-order valence-electron chi connectivity index (χ0n) is 12.9. The van der Waals surface area contributed by atoms with Crippen molar-refractivity contribution in [1.82, 2.24) is 20.7 Å². The number of amides is 1. The molecular weight excluding hydrogens is 348 g/mol. The van der Waals surface area contributed by atoms with Crippen molar-refractivity contribution in [2.24, 2.45) is 0 Å². The van der Waals surface area contributed by atoms with Crippen molar-refractivity contribution in [3.8, 4) is 11.3 Å². The van der Waals surface area contributed by atoms with Crippen molar-refractivity contribution < 1.29 is 4.79 Å². The van der Waals surface area contributed by atoms with Gasteiger partial charge in [-0.3, -0.25) is 15.6 Å². The third kappa shape index (κ3) is 4.85. The second kappa shape index (κ2) is 8.19. The molecule has 0 saturated heterocycles. The van der Waals surface area contributed by atoms with Crippen LogP contribution in [-0.2, 0) is 11.3 Å². The molecule has 1 amide bonds. The lowest BCUT2D eigenvalue weighted by atomic mass is 10.1. The Balaban J connectivity index is 2.10. The minimum Gasteiger partial charge on any atom is -0.362 e. The molecule has 0 saturated carbocycles. The highest BCUT2D eigenvalue weighted by molar-refractivity contribution is 7.80. The highest BCUT2D eigenvalue weighted by Gasteiger charge is 2.11. The van der Waals surface area contributed by atoms with Crippen molar-refractivity contribution in [3.05, 3.63) is 39.2 Å². The van der Waals surface area contributed by atoms with Crippen LogP contribution in [0.15, 0.2) is 29.6 Å². The fourth-order valence-electron chi connectivity index (χ4n) is 1.94. The standard InChI is InChI=1S/C15H18N4OS3/c1-3-16-14(21)18-17-13(20)8-19-12(9-23-15(19)22)11-6-4-10(2)5-7-11/h4-7,9H,3,8H2,1-2H3,(H,17,20)(H2,16,18,21). The SMILES string of the molecule is CCNC(=S)NNC(=O)Cn1c(-c2ccc(C)cc2)csc1=S. The second-order valence-corrected chi connectivity index (χ2v) is 6.78. The molecule has 0 radical (unpaired) electrons. The van der Waals surface area contributed by atoms with E-state index in [1.165, 1.54) is 16.9 Å². The number of rotatable bonds is 4. The first-order valence-corrected chi connectivity index (χ1v) is 8.79.